The van der Waals surface area contributed by atoms with Crippen molar-refractivity contribution in [2.45, 2.75) is 45.0 Å². The molecule has 1 rings (SSSR count). The van der Waals surface area contributed by atoms with E-state index in [0.29, 0.717) is 5.56 Å². The molecule has 0 aliphatic carbocycles. The molecule has 4 nitrogen and oxygen atoms in total. The molecule has 140 valence electrons. The van der Waals surface area contributed by atoms with Crippen LogP contribution >= 0.6 is 0 Å². The maximum atomic E-state index is 14.1. The number of esters is 2. The van der Waals surface area contributed by atoms with Crippen LogP contribution in [-0.4, -0.2) is 37.0 Å². The van der Waals surface area contributed by atoms with Gasteiger partial charge in [0.15, 0.2) is 0 Å². The van der Waals surface area contributed by atoms with Gasteiger partial charge in [0.1, 0.15) is 0 Å². The molecule has 0 aromatic heterocycles. The van der Waals surface area contributed by atoms with Crippen LogP contribution in [0.3, 0.4) is 0 Å². The molecule has 25 heavy (non-hydrogen) atoms. The highest BCUT2D eigenvalue weighted by Crippen LogP contribution is 2.39. The summed E-state index contributed by atoms with van der Waals surface area (Å²) in [5, 5.41) is 0. The van der Waals surface area contributed by atoms with Crippen LogP contribution in [0.4, 0.5) is 17.6 Å². The molecule has 1 atom stereocenters. The lowest BCUT2D eigenvalue weighted by molar-refractivity contribution is -0.241. The summed E-state index contributed by atoms with van der Waals surface area (Å²) in [6.07, 6.45) is -6.76. The molecule has 0 fully saturated rings. The van der Waals surface area contributed by atoms with E-state index in [2.05, 4.69) is 4.74 Å². The van der Waals surface area contributed by atoms with Gasteiger partial charge in [-0.2, -0.15) is 13.2 Å². The molecule has 0 heterocycles. The van der Waals surface area contributed by atoms with E-state index in [-0.39, 0.29) is 26.1 Å². The Hall–Kier alpha value is -2.12. The highest BCUT2D eigenvalue weighted by molar-refractivity contribution is 5.89. The number of hydrogen-bond donors (Lipinski definition) is 0. The molecule has 0 saturated carbocycles. The zero-order chi connectivity index (χ0) is 19.1. The summed E-state index contributed by atoms with van der Waals surface area (Å²) in [6, 6.07) is 6.57. The van der Waals surface area contributed by atoms with Crippen molar-refractivity contribution >= 4 is 11.9 Å². The van der Waals surface area contributed by atoms with Crippen LogP contribution in [0, 0.1) is 6.92 Å². The smallest absolute Gasteiger partial charge is 0.433 e. The minimum Gasteiger partial charge on any atom is -0.463 e. The number of halogens is 4. The Morgan fingerprint density at radius 2 is 1.60 bits per heavy atom. The van der Waals surface area contributed by atoms with Crippen LogP contribution in [0.5, 0.6) is 0 Å². The maximum Gasteiger partial charge on any atom is 0.433 e. The lowest BCUT2D eigenvalue weighted by atomic mass is 9.98. The fraction of sp³-hybridized carbons (Fsp3) is 0.529. The van der Waals surface area contributed by atoms with Crippen LogP contribution < -0.4 is 0 Å². The van der Waals surface area contributed by atoms with Crippen molar-refractivity contribution in [3.05, 3.63) is 35.4 Å². The molecular formula is C17H20F4O4. The van der Waals surface area contributed by atoms with Crippen molar-refractivity contribution in [2.24, 2.45) is 0 Å². The summed E-state index contributed by atoms with van der Waals surface area (Å²) in [5.41, 5.74) is -2.78. The monoisotopic (exact) mass is 364 g/mol. The van der Waals surface area contributed by atoms with E-state index in [1.165, 1.54) is 6.92 Å². The Labute approximate surface area is 143 Å². The minimum atomic E-state index is -5.36. The normalized spacial score (nSPS) is 13.8. The number of ether oxygens (including phenoxy) is 2. The van der Waals surface area contributed by atoms with Gasteiger partial charge in [0.25, 0.3) is 0 Å². The van der Waals surface area contributed by atoms with Crippen LogP contribution in [0.2, 0.25) is 0 Å². The van der Waals surface area contributed by atoms with Gasteiger partial charge in [-0.1, -0.05) is 17.7 Å². The third-order valence-electron chi connectivity index (χ3n) is 3.48. The number of carbonyl (C=O) groups excluding carboxylic acids is 2. The molecule has 0 spiro atoms. The SMILES string of the molecule is CCOC(=O)C(F)(CCCCOC(=O)c1ccc(C)cc1)C(F)(F)F. The van der Waals surface area contributed by atoms with E-state index >= 15 is 0 Å². The van der Waals surface area contributed by atoms with Crippen molar-refractivity contribution in [2.75, 3.05) is 13.2 Å². The first-order chi connectivity index (χ1) is 11.6. The van der Waals surface area contributed by atoms with Crippen LogP contribution in [0.25, 0.3) is 0 Å². The Morgan fingerprint density at radius 3 is 2.12 bits per heavy atom. The molecule has 0 radical (unpaired) electrons. The van der Waals surface area contributed by atoms with Crippen LogP contribution in [-0.2, 0) is 14.3 Å². The van der Waals surface area contributed by atoms with Crippen molar-refractivity contribution in [3.8, 4) is 0 Å². The van der Waals surface area contributed by atoms with E-state index in [1.54, 1.807) is 24.3 Å². The van der Waals surface area contributed by atoms with Crippen LogP contribution in [0.1, 0.15) is 42.1 Å². The second-order valence-corrected chi connectivity index (χ2v) is 5.48. The highest BCUT2D eigenvalue weighted by atomic mass is 19.4. The van der Waals surface area contributed by atoms with Gasteiger partial charge in [0.05, 0.1) is 18.8 Å². The number of hydrogen-bond acceptors (Lipinski definition) is 4. The largest absolute Gasteiger partial charge is 0.463 e. The van der Waals surface area contributed by atoms with Gasteiger partial charge >= 0.3 is 23.8 Å². The first-order valence-electron chi connectivity index (χ1n) is 7.78. The van der Waals surface area contributed by atoms with Crippen molar-refractivity contribution < 1.29 is 36.6 Å². The zero-order valence-corrected chi connectivity index (χ0v) is 14.0. The molecule has 1 unspecified atom stereocenters. The number of carbonyl (C=O) groups is 2. The molecule has 0 aliphatic heterocycles. The molecule has 1 aromatic rings. The summed E-state index contributed by atoms with van der Waals surface area (Å²) in [4.78, 5) is 23.0. The zero-order valence-electron chi connectivity index (χ0n) is 14.0. The molecule has 1 aromatic carbocycles. The van der Waals surface area contributed by atoms with Gasteiger partial charge in [-0.05, 0) is 38.8 Å². The summed E-state index contributed by atoms with van der Waals surface area (Å²) < 4.78 is 61.6. The second-order valence-electron chi connectivity index (χ2n) is 5.48. The average Bonchev–Trinajstić information content (AvgIpc) is 2.53. The third-order valence-corrected chi connectivity index (χ3v) is 3.48. The van der Waals surface area contributed by atoms with Gasteiger partial charge < -0.3 is 9.47 Å². The van der Waals surface area contributed by atoms with E-state index < -0.39 is 30.2 Å². The van der Waals surface area contributed by atoms with E-state index in [4.69, 9.17) is 4.74 Å². The Kier molecular flexibility index (Phi) is 7.38. The van der Waals surface area contributed by atoms with E-state index in [0.717, 1.165) is 5.56 Å². The highest BCUT2D eigenvalue weighted by Gasteiger charge is 2.62. The molecule has 0 aliphatic rings. The van der Waals surface area contributed by atoms with Gasteiger partial charge in [-0.15, -0.1) is 0 Å². The fourth-order valence-electron chi connectivity index (χ4n) is 2.01. The second kappa shape index (κ2) is 8.82. The minimum absolute atomic E-state index is 0.0151. The first kappa shape index (κ1) is 20.9. The third kappa shape index (κ3) is 5.72. The Bertz CT molecular complexity index is 583. The standard InChI is InChI=1S/C17H20F4O4/c1-3-24-15(23)16(18,17(19,20)21)10-4-5-11-25-14(22)13-8-6-12(2)7-9-13/h6-9H,3-5,10-11H2,1-2H3. The lowest BCUT2D eigenvalue weighted by Gasteiger charge is -2.25. The van der Waals surface area contributed by atoms with Gasteiger partial charge in [-0.25, -0.2) is 14.0 Å². The van der Waals surface area contributed by atoms with Gasteiger partial charge in [0, 0.05) is 6.42 Å². The predicted octanol–water partition coefficient (Wildman–Crippen LogP) is 4.16. The van der Waals surface area contributed by atoms with Crippen molar-refractivity contribution in [3.63, 3.8) is 0 Å². The molecule has 0 bridgehead atoms. The topological polar surface area (TPSA) is 52.6 Å². The molecule has 0 N–H and O–H groups in total. The Balaban J connectivity index is 2.48. The van der Waals surface area contributed by atoms with E-state index in [1.807, 2.05) is 6.92 Å². The summed E-state index contributed by atoms with van der Waals surface area (Å²) >= 11 is 0. The van der Waals surface area contributed by atoms with Crippen molar-refractivity contribution in [1.82, 2.24) is 0 Å². The summed E-state index contributed by atoms with van der Waals surface area (Å²) in [5.74, 6) is -2.56. The maximum absolute atomic E-state index is 14.1. The lowest BCUT2D eigenvalue weighted by Crippen LogP contribution is -2.49. The summed E-state index contributed by atoms with van der Waals surface area (Å²) in [7, 11) is 0. The van der Waals surface area contributed by atoms with Crippen molar-refractivity contribution in [1.29, 1.82) is 0 Å². The predicted molar refractivity (Wildman–Crippen MR) is 81.8 cm³/mol. The van der Waals surface area contributed by atoms with Gasteiger partial charge in [-0.3, -0.25) is 0 Å². The number of unbranched alkanes of at least 4 members (excludes halogenated alkanes) is 1. The summed E-state index contributed by atoms with van der Waals surface area (Å²) in [6.45, 7) is 2.61. The quantitative estimate of drug-likeness (QED) is 0.395. The first-order valence-corrected chi connectivity index (χ1v) is 7.78. The number of alkyl halides is 4. The van der Waals surface area contributed by atoms with E-state index in [9.17, 15) is 27.2 Å². The molecule has 8 heteroatoms. The fourth-order valence-corrected chi connectivity index (χ4v) is 2.01. The Morgan fingerprint density at radius 1 is 1.00 bits per heavy atom. The molecule has 0 saturated heterocycles. The molecular weight excluding hydrogens is 344 g/mol. The van der Waals surface area contributed by atoms with Crippen LogP contribution in [0.15, 0.2) is 24.3 Å². The number of benzene rings is 1. The molecule has 0 amide bonds. The number of rotatable bonds is 8. The average molecular weight is 364 g/mol. The van der Waals surface area contributed by atoms with Gasteiger partial charge in [0.2, 0.25) is 0 Å². The number of aryl methyl sites for hydroxylation is 1.